The number of rotatable bonds is 76. The van der Waals surface area contributed by atoms with Crippen molar-refractivity contribution in [1.29, 1.82) is 0 Å². The molecule has 0 aromatic rings. The maximum atomic E-state index is 11.3. The Bertz CT molecular complexity index is 1470. The van der Waals surface area contributed by atoms with Crippen LogP contribution in [-0.4, -0.2) is 121 Å². The van der Waals surface area contributed by atoms with E-state index < -0.39 is 0 Å². The molecule has 0 aromatic heterocycles. The Morgan fingerprint density at radius 1 is 0.210 bits per heavy atom. The van der Waals surface area contributed by atoms with Gasteiger partial charge in [0.2, 0.25) is 0 Å². The monoisotopic (exact) mass is 1780 g/mol. The van der Waals surface area contributed by atoms with E-state index in [2.05, 4.69) is 76.3 Å². The predicted octanol–water partition coefficient (Wildman–Crippen LogP) is 28.2. The molecule has 0 amide bonds. The number of carbonyl (C=O) groups excluding carboxylic acids is 4. The van der Waals surface area contributed by atoms with Crippen molar-refractivity contribution in [3.63, 3.8) is 0 Å². The Labute approximate surface area is 719 Å². The Morgan fingerprint density at radius 3 is 0.448 bits per heavy atom. The first-order valence-corrected chi connectivity index (χ1v) is 45.1. The van der Waals surface area contributed by atoms with E-state index in [1.165, 1.54) is 308 Å². The largest absolute Gasteiger partial charge is 2.00 e. The Kier molecular flexibility index (Phi) is 141. The molecule has 0 saturated carbocycles. The second-order valence-electron chi connectivity index (χ2n) is 27.9. The van der Waals surface area contributed by atoms with Gasteiger partial charge in [0, 0.05) is 25.7 Å². The van der Waals surface area contributed by atoms with Crippen LogP contribution in [0, 0.1) is 0 Å². The normalized spacial score (nSPS) is 10.7. The van der Waals surface area contributed by atoms with E-state index in [0.717, 1.165) is 77.0 Å². The molecule has 0 rings (SSSR count). The number of hydrogen-bond donors (Lipinski definition) is 0. The van der Waals surface area contributed by atoms with Gasteiger partial charge in [0.15, 0.2) is 0 Å². The summed E-state index contributed by atoms with van der Waals surface area (Å²) in [4.78, 5) is 45.1. The van der Waals surface area contributed by atoms with Crippen LogP contribution in [0.5, 0.6) is 0 Å². The molecule has 105 heavy (non-hydrogen) atoms. The maximum absolute atomic E-state index is 11.3. The van der Waals surface area contributed by atoms with Crippen molar-refractivity contribution in [2.24, 2.45) is 0 Å². The zero-order valence-electron chi connectivity index (χ0n) is 67.9. The number of carbonyl (C=O) groups is 4. The summed E-state index contributed by atoms with van der Waals surface area (Å²) < 4.78 is 19.8. The van der Waals surface area contributed by atoms with Gasteiger partial charge in [0.05, 0.1) is 26.4 Å². The predicted molar refractivity (Wildman–Crippen MR) is 483 cm³/mol. The second-order valence-corrected chi connectivity index (χ2v) is 29.5. The van der Waals surface area contributed by atoms with Crippen LogP contribution < -0.4 is 0 Å². The fourth-order valence-electron chi connectivity index (χ4n) is 11.7. The molecular formula is C90H174O8S5Sn2. The van der Waals surface area contributed by atoms with Gasteiger partial charge in [-0.2, -0.15) is 13.5 Å². The molecule has 0 aliphatic carbocycles. The second kappa shape index (κ2) is 120. The van der Waals surface area contributed by atoms with Gasteiger partial charge in [-0.25, -0.2) is 0 Å². The first-order chi connectivity index (χ1) is 49.2. The molecule has 0 aromatic carbocycles. The first-order valence-electron chi connectivity index (χ1n) is 42.8. The third-order valence-corrected chi connectivity index (χ3v) is 18.6. The van der Waals surface area contributed by atoms with Gasteiger partial charge in [-0.3, -0.25) is 19.2 Å². The van der Waals surface area contributed by atoms with Crippen LogP contribution in [0.4, 0.5) is 0 Å². The van der Waals surface area contributed by atoms with E-state index in [-0.39, 0.29) is 100 Å². The minimum absolute atomic E-state index is 0. The molecule has 0 fully saturated rings. The average Bonchev–Trinajstić information content (AvgIpc) is 3.63. The zero-order valence-corrected chi connectivity index (χ0v) is 77.9. The molecule has 15 heteroatoms. The fraction of sp³-hybridized carbons (Fsp3) is 0.867. The Balaban J connectivity index is -0.000000165. The van der Waals surface area contributed by atoms with Crippen LogP contribution in [0.25, 0.3) is 0 Å². The molecule has 0 aliphatic heterocycles. The standard InChI is InChI=1S/4C22H42O2S.2CH4.H2S.2Sn/c4*1-2-3-4-5-6-7-8-9-10-11-12-13-14-15-16-17-18-19-22(23)24-20-21-25;;;;;/h4*14-15,25H,2-13,16-21H2,1H3;2*1H4;1H2;;/q;;;;;;;2*+2/p-4/b4*15-14+;;;;;. The topological polar surface area (TPSA) is 105 Å². The number of hydrogen-bond acceptors (Lipinski definition) is 12. The van der Waals surface area contributed by atoms with Crippen molar-refractivity contribution in [1.82, 2.24) is 0 Å². The summed E-state index contributed by atoms with van der Waals surface area (Å²) in [6, 6.07) is 0. The van der Waals surface area contributed by atoms with Crippen molar-refractivity contribution in [3.8, 4) is 0 Å². The van der Waals surface area contributed by atoms with Gasteiger partial charge in [-0.15, -0.1) is 23.0 Å². The smallest absolute Gasteiger partial charge is 0.789 e. The first kappa shape index (κ1) is 123. The molecule has 4 radical (unpaired) electrons. The summed E-state index contributed by atoms with van der Waals surface area (Å²) in [6.07, 6.45) is 99.2. The minimum atomic E-state index is -0.102. The Hall–Kier alpha value is 0.187. The fourth-order valence-corrected chi connectivity index (χ4v) is 12.0. The molecule has 0 bridgehead atoms. The summed E-state index contributed by atoms with van der Waals surface area (Å²) in [5, 5.41) is 0. The van der Waals surface area contributed by atoms with Gasteiger partial charge < -0.3 is 69.5 Å². The van der Waals surface area contributed by atoms with Crippen LogP contribution in [0.2, 0.25) is 0 Å². The average molecular weight is 1780 g/mol. The molecular weight excluding hydrogens is 1610 g/mol. The van der Waals surface area contributed by atoms with E-state index >= 15 is 0 Å². The number of ether oxygens (including phenoxy) is 4. The molecule has 0 atom stereocenters. The van der Waals surface area contributed by atoms with Gasteiger partial charge in [0.1, 0.15) is 0 Å². The van der Waals surface area contributed by atoms with Gasteiger partial charge >= 0.3 is 71.7 Å². The van der Waals surface area contributed by atoms with Crippen LogP contribution in [0.15, 0.2) is 48.6 Å². The summed E-state index contributed by atoms with van der Waals surface area (Å²) in [7, 11) is 0. The molecule has 0 N–H and O–H groups in total. The van der Waals surface area contributed by atoms with Gasteiger partial charge in [-0.1, -0.05) is 348 Å². The van der Waals surface area contributed by atoms with E-state index in [0.29, 0.717) is 75.1 Å². The van der Waals surface area contributed by atoms with E-state index in [9.17, 15) is 19.2 Å². The SMILES string of the molecule is C.C.CCCCCCCCCCCCC/C=C/CCCCC(=O)OCC[S-].CCCCCCCCCCCCC/C=C/CCCCC(=O)OCC[S-].CCCCCCCCCCCCC/C=C/CCCCC(=O)OCC[S-].CCCCCCCCCCCCC/C=C/CCCCC(=O)OCC[S-].S.[Sn+2].[Sn+2]. The molecule has 0 saturated heterocycles. The third kappa shape index (κ3) is 128. The van der Waals surface area contributed by atoms with E-state index in [1.807, 2.05) is 0 Å². The molecule has 0 spiro atoms. The van der Waals surface area contributed by atoms with E-state index in [4.69, 9.17) is 69.5 Å². The van der Waals surface area contributed by atoms with Gasteiger partial charge in [-0.05, 0) is 128 Å². The molecule has 0 heterocycles. The van der Waals surface area contributed by atoms with E-state index in [1.54, 1.807) is 0 Å². The van der Waals surface area contributed by atoms with Crippen molar-refractivity contribution < 1.29 is 38.1 Å². The Morgan fingerprint density at radius 2 is 0.324 bits per heavy atom. The summed E-state index contributed by atoms with van der Waals surface area (Å²) in [6.45, 7) is 10.6. The van der Waals surface area contributed by atoms with Crippen molar-refractivity contribution in [3.05, 3.63) is 48.6 Å². The maximum Gasteiger partial charge on any atom is 2.00 e. The molecule has 8 nitrogen and oxygen atoms in total. The van der Waals surface area contributed by atoms with Crippen LogP contribution in [0.1, 0.15) is 453 Å². The van der Waals surface area contributed by atoms with Crippen LogP contribution in [0.3, 0.4) is 0 Å². The van der Waals surface area contributed by atoms with Crippen molar-refractivity contribution >= 4 is 136 Å². The summed E-state index contributed by atoms with van der Waals surface area (Å²) in [5.74, 6) is 1.57. The van der Waals surface area contributed by atoms with Crippen molar-refractivity contribution in [2.75, 3.05) is 49.4 Å². The third-order valence-electron chi connectivity index (χ3n) is 18.0. The summed E-state index contributed by atoms with van der Waals surface area (Å²) in [5.41, 5.74) is 0. The van der Waals surface area contributed by atoms with Gasteiger partial charge in [0.25, 0.3) is 0 Å². The van der Waals surface area contributed by atoms with Crippen LogP contribution in [-0.2, 0) is 88.6 Å². The number of esters is 4. The number of unbranched alkanes of at least 4 members (excludes halogenated alkanes) is 52. The minimum Gasteiger partial charge on any atom is -0.789 e. The van der Waals surface area contributed by atoms with Crippen LogP contribution >= 0.6 is 13.5 Å². The summed E-state index contributed by atoms with van der Waals surface area (Å²) >= 11 is 19.0. The quantitative estimate of drug-likeness (QED) is 0.0145. The number of allylic oxidation sites excluding steroid dienone is 8. The zero-order chi connectivity index (χ0) is 73.7. The molecule has 0 unspecified atom stereocenters. The van der Waals surface area contributed by atoms with Crippen molar-refractivity contribution in [2.45, 2.75) is 453 Å². The molecule has 620 valence electrons. The molecule has 0 aliphatic rings.